The summed E-state index contributed by atoms with van der Waals surface area (Å²) in [7, 11) is 0. The van der Waals surface area contributed by atoms with Gasteiger partial charge >= 0.3 is 6.18 Å². The molecule has 1 fully saturated rings. The SMILES string of the molecule is N#CC1C(F)CC(C(F)(F)F)CN1C1C=CCCC1. The van der Waals surface area contributed by atoms with Gasteiger partial charge in [-0.15, -0.1) is 0 Å². The van der Waals surface area contributed by atoms with Crippen molar-refractivity contribution in [1.82, 2.24) is 4.90 Å². The zero-order chi connectivity index (χ0) is 14.0. The first-order chi connectivity index (χ1) is 8.93. The Balaban J connectivity index is 2.19. The van der Waals surface area contributed by atoms with Crippen LogP contribution < -0.4 is 0 Å². The molecule has 2 aliphatic rings. The van der Waals surface area contributed by atoms with Crippen LogP contribution in [0.4, 0.5) is 17.6 Å². The lowest BCUT2D eigenvalue weighted by Gasteiger charge is -2.43. The molecule has 0 amide bonds. The molecule has 0 bridgehead atoms. The van der Waals surface area contributed by atoms with Gasteiger partial charge in [0, 0.05) is 12.6 Å². The standard InChI is InChI=1S/C13H16F4N2/c14-11-6-9(13(15,16)17)8-19(12(11)7-18)10-4-2-1-3-5-10/h2,4,9-12H,1,3,5-6,8H2. The minimum absolute atomic E-state index is 0.248. The Labute approximate surface area is 109 Å². The maximum Gasteiger partial charge on any atom is 0.393 e. The Morgan fingerprint density at radius 2 is 2.05 bits per heavy atom. The van der Waals surface area contributed by atoms with Crippen LogP contribution in [0, 0.1) is 17.2 Å². The van der Waals surface area contributed by atoms with E-state index in [-0.39, 0.29) is 12.6 Å². The summed E-state index contributed by atoms with van der Waals surface area (Å²) in [5.74, 6) is -1.68. The predicted molar refractivity (Wildman–Crippen MR) is 61.9 cm³/mol. The van der Waals surface area contributed by atoms with Crippen LogP contribution in [-0.2, 0) is 0 Å². The molecule has 6 heteroatoms. The summed E-state index contributed by atoms with van der Waals surface area (Å²) in [5, 5.41) is 9.01. The third-order valence-electron chi connectivity index (χ3n) is 3.89. The van der Waals surface area contributed by atoms with E-state index in [0.29, 0.717) is 6.42 Å². The van der Waals surface area contributed by atoms with Crippen LogP contribution in [-0.4, -0.2) is 35.9 Å². The quantitative estimate of drug-likeness (QED) is 0.543. The summed E-state index contributed by atoms with van der Waals surface area (Å²) in [6, 6.07) is 0.511. The van der Waals surface area contributed by atoms with Crippen molar-refractivity contribution in [1.29, 1.82) is 5.26 Å². The number of hydrogen-bond acceptors (Lipinski definition) is 2. The van der Waals surface area contributed by atoms with Gasteiger partial charge in [-0.05, 0) is 25.7 Å². The molecule has 106 valence electrons. The van der Waals surface area contributed by atoms with E-state index in [2.05, 4.69) is 0 Å². The van der Waals surface area contributed by atoms with Crippen LogP contribution in [0.25, 0.3) is 0 Å². The highest BCUT2D eigenvalue weighted by atomic mass is 19.4. The lowest BCUT2D eigenvalue weighted by molar-refractivity contribution is -0.197. The van der Waals surface area contributed by atoms with Crippen molar-refractivity contribution in [3.63, 3.8) is 0 Å². The first-order valence-corrected chi connectivity index (χ1v) is 6.46. The van der Waals surface area contributed by atoms with Gasteiger partial charge in [0.2, 0.25) is 0 Å². The fourth-order valence-electron chi connectivity index (χ4n) is 2.86. The molecule has 1 heterocycles. The molecule has 0 aromatic rings. The van der Waals surface area contributed by atoms with Gasteiger partial charge in [0.1, 0.15) is 12.2 Å². The lowest BCUT2D eigenvalue weighted by Crippen LogP contribution is -2.56. The van der Waals surface area contributed by atoms with Gasteiger partial charge in [-0.1, -0.05) is 12.2 Å². The van der Waals surface area contributed by atoms with E-state index in [0.717, 1.165) is 12.8 Å². The van der Waals surface area contributed by atoms with Crippen LogP contribution in [0.3, 0.4) is 0 Å². The molecule has 2 nitrogen and oxygen atoms in total. The van der Waals surface area contributed by atoms with Crippen LogP contribution >= 0.6 is 0 Å². The predicted octanol–water partition coefficient (Wildman–Crippen LogP) is 3.21. The average Bonchev–Trinajstić information content (AvgIpc) is 2.37. The summed E-state index contributed by atoms with van der Waals surface area (Å²) >= 11 is 0. The minimum Gasteiger partial charge on any atom is -0.279 e. The van der Waals surface area contributed by atoms with Crippen molar-refractivity contribution < 1.29 is 17.6 Å². The molecule has 0 radical (unpaired) electrons. The maximum absolute atomic E-state index is 13.8. The molecule has 0 aromatic carbocycles. The normalized spacial score (nSPS) is 37.0. The van der Waals surface area contributed by atoms with Crippen LogP contribution in [0.2, 0.25) is 0 Å². The van der Waals surface area contributed by atoms with Gasteiger partial charge in [0.25, 0.3) is 0 Å². The molecule has 0 spiro atoms. The number of allylic oxidation sites excluding steroid dienone is 1. The van der Waals surface area contributed by atoms with Crippen LogP contribution in [0.15, 0.2) is 12.2 Å². The highest BCUT2D eigenvalue weighted by Crippen LogP contribution is 2.38. The van der Waals surface area contributed by atoms with Crippen molar-refractivity contribution in [2.75, 3.05) is 6.54 Å². The van der Waals surface area contributed by atoms with Gasteiger partial charge in [-0.3, -0.25) is 4.90 Å². The monoisotopic (exact) mass is 276 g/mol. The summed E-state index contributed by atoms with van der Waals surface area (Å²) in [6.07, 6.45) is -0.595. The van der Waals surface area contributed by atoms with E-state index in [1.807, 2.05) is 12.1 Å². The Hall–Kier alpha value is -1.09. The molecule has 2 rings (SSSR count). The van der Waals surface area contributed by atoms with Crippen molar-refractivity contribution in [3.8, 4) is 6.07 Å². The first kappa shape index (κ1) is 14.3. The second-order valence-electron chi connectivity index (χ2n) is 5.19. The third-order valence-corrected chi connectivity index (χ3v) is 3.89. The van der Waals surface area contributed by atoms with Gasteiger partial charge in [0.05, 0.1) is 12.0 Å². The van der Waals surface area contributed by atoms with Crippen molar-refractivity contribution in [2.45, 2.75) is 50.1 Å². The molecule has 4 atom stereocenters. The van der Waals surface area contributed by atoms with E-state index < -0.39 is 30.7 Å². The largest absolute Gasteiger partial charge is 0.393 e. The topological polar surface area (TPSA) is 27.0 Å². The fourth-order valence-corrected chi connectivity index (χ4v) is 2.86. The van der Waals surface area contributed by atoms with Gasteiger partial charge in [-0.2, -0.15) is 18.4 Å². The molecule has 1 aliphatic carbocycles. The van der Waals surface area contributed by atoms with Crippen molar-refractivity contribution >= 4 is 0 Å². The molecular weight excluding hydrogens is 260 g/mol. The number of rotatable bonds is 1. The first-order valence-electron chi connectivity index (χ1n) is 6.46. The highest BCUT2D eigenvalue weighted by molar-refractivity contribution is 5.09. The van der Waals surface area contributed by atoms with Crippen LogP contribution in [0.1, 0.15) is 25.7 Å². The fraction of sp³-hybridized carbons (Fsp3) is 0.769. The summed E-state index contributed by atoms with van der Waals surface area (Å²) in [5.41, 5.74) is 0. The number of halogens is 4. The Morgan fingerprint density at radius 3 is 2.58 bits per heavy atom. The summed E-state index contributed by atoms with van der Waals surface area (Å²) < 4.78 is 52.2. The van der Waals surface area contributed by atoms with E-state index >= 15 is 0 Å². The molecule has 4 unspecified atom stereocenters. The maximum atomic E-state index is 13.8. The van der Waals surface area contributed by atoms with Crippen molar-refractivity contribution in [2.24, 2.45) is 5.92 Å². The molecule has 0 aromatic heterocycles. The Morgan fingerprint density at radius 1 is 1.32 bits per heavy atom. The van der Waals surface area contributed by atoms with Crippen LogP contribution in [0.5, 0.6) is 0 Å². The number of likely N-dealkylation sites (tertiary alicyclic amines) is 1. The molecule has 1 saturated heterocycles. The van der Waals surface area contributed by atoms with E-state index in [4.69, 9.17) is 5.26 Å². The van der Waals surface area contributed by atoms with E-state index in [1.165, 1.54) is 4.90 Å². The third kappa shape index (κ3) is 3.08. The second kappa shape index (κ2) is 5.49. The van der Waals surface area contributed by atoms with Gasteiger partial charge < -0.3 is 0 Å². The average molecular weight is 276 g/mol. The smallest absolute Gasteiger partial charge is 0.279 e. The molecular formula is C13H16F4N2. The second-order valence-corrected chi connectivity index (χ2v) is 5.19. The van der Waals surface area contributed by atoms with Gasteiger partial charge in [-0.25, -0.2) is 4.39 Å². The number of nitriles is 1. The summed E-state index contributed by atoms with van der Waals surface area (Å²) in [4.78, 5) is 1.39. The number of hydrogen-bond donors (Lipinski definition) is 0. The number of nitrogens with zero attached hydrogens (tertiary/aromatic N) is 2. The summed E-state index contributed by atoms with van der Waals surface area (Å²) in [6.45, 7) is -0.281. The highest BCUT2D eigenvalue weighted by Gasteiger charge is 2.49. The van der Waals surface area contributed by atoms with Crippen molar-refractivity contribution in [3.05, 3.63) is 12.2 Å². The number of alkyl halides is 4. The van der Waals surface area contributed by atoms with E-state index in [1.54, 1.807) is 6.08 Å². The zero-order valence-electron chi connectivity index (χ0n) is 10.4. The van der Waals surface area contributed by atoms with E-state index in [9.17, 15) is 17.6 Å². The minimum atomic E-state index is -4.40. The Kier molecular flexibility index (Phi) is 4.14. The molecule has 19 heavy (non-hydrogen) atoms. The van der Waals surface area contributed by atoms with Gasteiger partial charge in [0.15, 0.2) is 0 Å². The molecule has 0 saturated carbocycles. The zero-order valence-corrected chi connectivity index (χ0v) is 10.4. The number of piperidine rings is 1. The lowest BCUT2D eigenvalue weighted by atomic mass is 9.88. The molecule has 0 N–H and O–H groups in total. The molecule has 1 aliphatic heterocycles. The Bertz CT molecular complexity index is 385.